The summed E-state index contributed by atoms with van der Waals surface area (Å²) in [6.45, 7) is 4.69. The molecule has 1 aromatic carbocycles. The molecule has 0 aliphatic carbocycles. The Balaban J connectivity index is 1.82. The van der Waals surface area contributed by atoms with Gasteiger partial charge in [-0.05, 0) is 31.8 Å². The molecule has 0 bridgehead atoms. The summed E-state index contributed by atoms with van der Waals surface area (Å²) in [5, 5.41) is 13.8. The third-order valence-electron chi connectivity index (χ3n) is 4.29. The van der Waals surface area contributed by atoms with Crippen LogP contribution in [0.4, 0.5) is 0 Å². The summed E-state index contributed by atoms with van der Waals surface area (Å²) in [6.07, 6.45) is 1.88. The molecule has 0 spiro atoms. The van der Waals surface area contributed by atoms with Gasteiger partial charge in [0.1, 0.15) is 0 Å². The highest BCUT2D eigenvalue weighted by atomic mass is 15.3. The number of fused-ring (bicyclic) bond motifs is 1. The first-order valence-corrected chi connectivity index (χ1v) is 8.01. The number of benzene rings is 1. The minimum absolute atomic E-state index is 0.528. The molecule has 0 radical (unpaired) electrons. The van der Waals surface area contributed by atoms with E-state index >= 15 is 0 Å². The van der Waals surface area contributed by atoms with E-state index in [0.29, 0.717) is 5.92 Å². The average Bonchev–Trinajstić information content (AvgIpc) is 2.87. The van der Waals surface area contributed by atoms with Gasteiger partial charge in [-0.25, -0.2) is 0 Å². The molecule has 1 atom stereocenters. The Labute approximate surface area is 137 Å². The van der Waals surface area contributed by atoms with Crippen molar-refractivity contribution in [2.24, 2.45) is 5.92 Å². The van der Waals surface area contributed by atoms with Crippen molar-refractivity contribution in [2.75, 3.05) is 27.2 Å². The van der Waals surface area contributed by atoms with Gasteiger partial charge in [0, 0.05) is 44.8 Å². The van der Waals surface area contributed by atoms with Crippen molar-refractivity contribution >= 4 is 0 Å². The second-order valence-corrected chi connectivity index (χ2v) is 6.57. The quantitative estimate of drug-likeness (QED) is 0.866. The summed E-state index contributed by atoms with van der Waals surface area (Å²) in [5.41, 5.74) is 3.13. The van der Waals surface area contributed by atoms with Crippen LogP contribution in [0.2, 0.25) is 0 Å². The van der Waals surface area contributed by atoms with Crippen LogP contribution in [0.1, 0.15) is 16.8 Å². The van der Waals surface area contributed by atoms with E-state index in [-0.39, 0.29) is 0 Å². The number of rotatable bonds is 4. The Bertz CT molecular complexity index is 697. The lowest BCUT2D eigenvalue weighted by Crippen LogP contribution is -2.33. The summed E-state index contributed by atoms with van der Waals surface area (Å²) in [4.78, 5) is 4.67. The molecule has 0 amide bonds. The fourth-order valence-electron chi connectivity index (χ4n) is 3.38. The molecule has 1 aliphatic rings. The molecule has 0 saturated heterocycles. The van der Waals surface area contributed by atoms with Gasteiger partial charge >= 0.3 is 0 Å². The number of aromatic nitrogens is 2. The van der Waals surface area contributed by atoms with E-state index in [1.165, 1.54) is 5.69 Å². The molecule has 2 heterocycles. The predicted molar refractivity (Wildman–Crippen MR) is 89.5 cm³/mol. The normalized spacial score (nSPS) is 18.4. The Morgan fingerprint density at radius 1 is 1.26 bits per heavy atom. The van der Waals surface area contributed by atoms with Crippen LogP contribution < -0.4 is 0 Å². The van der Waals surface area contributed by atoms with E-state index < -0.39 is 0 Å². The van der Waals surface area contributed by atoms with Crippen molar-refractivity contribution in [3.05, 3.63) is 53.3 Å². The van der Waals surface area contributed by atoms with Gasteiger partial charge in [0.25, 0.3) is 0 Å². The van der Waals surface area contributed by atoms with Gasteiger partial charge in [0.15, 0.2) is 0 Å². The molecule has 0 fully saturated rings. The Morgan fingerprint density at radius 2 is 2.09 bits per heavy atom. The standard InChI is InChI=1S/C18H23N5/c1-21(2)10-15-11-22(14-18-7-8-20-23(18)12-15)13-17-6-4-3-5-16(17)9-19/h3-8,15H,10-14H2,1-2H3. The van der Waals surface area contributed by atoms with Crippen molar-refractivity contribution < 1.29 is 0 Å². The van der Waals surface area contributed by atoms with Crippen molar-refractivity contribution in [1.29, 1.82) is 5.26 Å². The number of hydrogen-bond donors (Lipinski definition) is 0. The highest BCUT2D eigenvalue weighted by Gasteiger charge is 2.23. The Hall–Kier alpha value is -2.16. The lowest BCUT2D eigenvalue weighted by molar-refractivity contribution is 0.193. The number of nitriles is 1. The zero-order valence-electron chi connectivity index (χ0n) is 13.8. The van der Waals surface area contributed by atoms with Crippen molar-refractivity contribution in [1.82, 2.24) is 19.6 Å². The molecule has 120 valence electrons. The average molecular weight is 309 g/mol. The van der Waals surface area contributed by atoms with E-state index in [2.05, 4.69) is 51.9 Å². The van der Waals surface area contributed by atoms with Crippen LogP contribution in [-0.2, 0) is 19.6 Å². The highest BCUT2D eigenvalue weighted by Crippen LogP contribution is 2.20. The predicted octanol–water partition coefficient (Wildman–Crippen LogP) is 1.95. The van der Waals surface area contributed by atoms with Crippen LogP contribution in [0, 0.1) is 17.2 Å². The van der Waals surface area contributed by atoms with E-state index in [1.807, 2.05) is 24.4 Å². The van der Waals surface area contributed by atoms with Gasteiger partial charge < -0.3 is 4.90 Å². The molecule has 0 saturated carbocycles. The largest absolute Gasteiger partial charge is 0.309 e. The van der Waals surface area contributed by atoms with Crippen LogP contribution >= 0.6 is 0 Å². The van der Waals surface area contributed by atoms with Crippen LogP contribution in [0.15, 0.2) is 36.5 Å². The molecule has 1 aliphatic heterocycles. The molecule has 23 heavy (non-hydrogen) atoms. The molecule has 0 N–H and O–H groups in total. The minimum Gasteiger partial charge on any atom is -0.309 e. The molecule has 1 unspecified atom stereocenters. The SMILES string of the molecule is CN(C)CC1CN(Cc2ccccc2C#N)Cc2ccnn2C1. The Kier molecular flexibility index (Phi) is 4.75. The summed E-state index contributed by atoms with van der Waals surface area (Å²) in [7, 11) is 4.23. The number of hydrogen-bond acceptors (Lipinski definition) is 4. The molecule has 5 heteroatoms. The van der Waals surface area contributed by atoms with Crippen molar-refractivity contribution in [3.63, 3.8) is 0 Å². The van der Waals surface area contributed by atoms with Gasteiger partial charge in [-0.3, -0.25) is 9.58 Å². The minimum atomic E-state index is 0.528. The third kappa shape index (κ3) is 3.79. The first-order chi connectivity index (χ1) is 11.2. The van der Waals surface area contributed by atoms with E-state index in [9.17, 15) is 5.26 Å². The lowest BCUT2D eigenvalue weighted by Gasteiger charge is -2.26. The van der Waals surface area contributed by atoms with Gasteiger partial charge in [0.2, 0.25) is 0 Å². The van der Waals surface area contributed by atoms with Crippen LogP contribution in [0.3, 0.4) is 0 Å². The highest BCUT2D eigenvalue weighted by molar-refractivity contribution is 5.37. The maximum Gasteiger partial charge on any atom is 0.0995 e. The fraction of sp³-hybridized carbons (Fsp3) is 0.444. The second-order valence-electron chi connectivity index (χ2n) is 6.57. The van der Waals surface area contributed by atoms with Gasteiger partial charge in [-0.15, -0.1) is 0 Å². The molecule has 1 aromatic heterocycles. The monoisotopic (exact) mass is 309 g/mol. The van der Waals surface area contributed by atoms with Gasteiger partial charge in [-0.1, -0.05) is 18.2 Å². The maximum atomic E-state index is 9.31. The smallest absolute Gasteiger partial charge is 0.0995 e. The topological polar surface area (TPSA) is 48.1 Å². The van der Waals surface area contributed by atoms with E-state index in [4.69, 9.17) is 0 Å². The second kappa shape index (κ2) is 6.95. The van der Waals surface area contributed by atoms with Gasteiger partial charge in [-0.2, -0.15) is 10.4 Å². The van der Waals surface area contributed by atoms with E-state index in [0.717, 1.165) is 43.9 Å². The summed E-state index contributed by atoms with van der Waals surface area (Å²) in [6, 6.07) is 12.3. The molecule has 2 aromatic rings. The molecular weight excluding hydrogens is 286 g/mol. The summed E-state index contributed by atoms with van der Waals surface area (Å²) >= 11 is 0. The summed E-state index contributed by atoms with van der Waals surface area (Å²) in [5.74, 6) is 0.528. The van der Waals surface area contributed by atoms with Crippen molar-refractivity contribution in [2.45, 2.75) is 19.6 Å². The fourth-order valence-corrected chi connectivity index (χ4v) is 3.38. The number of nitrogens with zero attached hydrogens (tertiary/aromatic N) is 5. The summed E-state index contributed by atoms with van der Waals surface area (Å²) < 4.78 is 2.13. The molecule has 5 nitrogen and oxygen atoms in total. The first-order valence-electron chi connectivity index (χ1n) is 8.01. The zero-order valence-corrected chi connectivity index (χ0v) is 13.8. The van der Waals surface area contributed by atoms with Crippen LogP contribution in [0.25, 0.3) is 0 Å². The Morgan fingerprint density at radius 3 is 2.87 bits per heavy atom. The van der Waals surface area contributed by atoms with Crippen molar-refractivity contribution in [3.8, 4) is 6.07 Å². The molecule has 3 rings (SSSR count). The lowest BCUT2D eigenvalue weighted by atomic mass is 10.1. The van der Waals surface area contributed by atoms with Crippen LogP contribution in [0.5, 0.6) is 0 Å². The van der Waals surface area contributed by atoms with E-state index in [1.54, 1.807) is 0 Å². The zero-order chi connectivity index (χ0) is 16.2. The maximum absolute atomic E-state index is 9.31. The van der Waals surface area contributed by atoms with Gasteiger partial charge in [0.05, 0.1) is 17.3 Å². The van der Waals surface area contributed by atoms with Crippen LogP contribution in [-0.4, -0.2) is 46.8 Å². The first kappa shape index (κ1) is 15.7. The third-order valence-corrected chi connectivity index (χ3v) is 4.29. The molecular formula is C18H23N5.